The van der Waals surface area contributed by atoms with E-state index < -0.39 is 0 Å². The zero-order valence-electron chi connectivity index (χ0n) is 16.9. The van der Waals surface area contributed by atoms with Gasteiger partial charge in [-0.3, -0.25) is 14.5 Å². The average molecular weight is 372 g/mol. The van der Waals surface area contributed by atoms with Gasteiger partial charge in [0.25, 0.3) is 0 Å². The molecule has 5 heteroatoms. The van der Waals surface area contributed by atoms with Crippen molar-refractivity contribution >= 4 is 11.8 Å². The minimum absolute atomic E-state index is 0.00309. The molecular weight excluding hydrogens is 338 g/mol. The number of carbonyl (C=O) groups excluding carboxylic acids is 2. The van der Waals surface area contributed by atoms with Crippen LogP contribution >= 0.6 is 0 Å². The summed E-state index contributed by atoms with van der Waals surface area (Å²) in [6, 6.07) is 8.56. The summed E-state index contributed by atoms with van der Waals surface area (Å²) in [7, 11) is 0. The Morgan fingerprint density at radius 2 is 1.67 bits per heavy atom. The zero-order valence-corrected chi connectivity index (χ0v) is 16.9. The highest BCUT2D eigenvalue weighted by atomic mass is 16.2. The van der Waals surface area contributed by atoms with E-state index in [1.165, 1.54) is 5.56 Å². The number of nitrogens with one attached hydrogen (secondary N) is 1. The molecule has 1 saturated heterocycles. The van der Waals surface area contributed by atoms with E-state index in [0.29, 0.717) is 18.4 Å². The number of carbonyl (C=O) groups is 2. The maximum absolute atomic E-state index is 12.4. The summed E-state index contributed by atoms with van der Waals surface area (Å²) in [6.07, 6.45) is 3.19. The highest BCUT2D eigenvalue weighted by Gasteiger charge is 2.34. The van der Waals surface area contributed by atoms with Crippen molar-refractivity contribution in [3.63, 3.8) is 0 Å². The smallest absolute Gasteiger partial charge is 0.234 e. The van der Waals surface area contributed by atoms with Crippen molar-refractivity contribution in [2.45, 2.75) is 46.1 Å². The van der Waals surface area contributed by atoms with Crippen molar-refractivity contribution in [1.29, 1.82) is 0 Å². The van der Waals surface area contributed by atoms with E-state index in [9.17, 15) is 9.59 Å². The lowest BCUT2D eigenvalue weighted by Crippen LogP contribution is -2.51. The number of nitrogens with zero attached hydrogens (tertiary/aromatic N) is 2. The van der Waals surface area contributed by atoms with Gasteiger partial charge in [0, 0.05) is 32.1 Å². The molecule has 1 aliphatic carbocycles. The lowest BCUT2D eigenvalue weighted by atomic mass is 10.00. The second-order valence-electron chi connectivity index (χ2n) is 8.50. The quantitative estimate of drug-likeness (QED) is 0.802. The monoisotopic (exact) mass is 371 g/mol. The Morgan fingerprint density at radius 3 is 2.22 bits per heavy atom. The molecule has 1 aromatic carbocycles. The van der Waals surface area contributed by atoms with Crippen LogP contribution in [-0.4, -0.2) is 54.3 Å². The van der Waals surface area contributed by atoms with Gasteiger partial charge >= 0.3 is 0 Å². The zero-order chi connectivity index (χ0) is 19.4. The first-order valence-electron chi connectivity index (χ1n) is 10.3. The Labute approximate surface area is 163 Å². The highest BCUT2D eigenvalue weighted by Crippen LogP contribution is 2.31. The normalized spacial score (nSPS) is 19.2. The fraction of sp³-hybridized carbons (Fsp3) is 0.636. The van der Waals surface area contributed by atoms with Crippen molar-refractivity contribution in [2.24, 2.45) is 11.8 Å². The molecule has 1 unspecified atom stereocenters. The van der Waals surface area contributed by atoms with Gasteiger partial charge in [0.15, 0.2) is 0 Å². The molecule has 1 N–H and O–H groups in total. The Bertz CT molecular complexity index is 644. The third-order valence-electron chi connectivity index (χ3n) is 5.48. The first-order chi connectivity index (χ1) is 12.9. The number of benzene rings is 1. The first kappa shape index (κ1) is 19.9. The van der Waals surface area contributed by atoms with Gasteiger partial charge in [0.1, 0.15) is 0 Å². The molecule has 27 heavy (non-hydrogen) atoms. The number of amides is 2. The van der Waals surface area contributed by atoms with Crippen molar-refractivity contribution in [3.05, 3.63) is 35.4 Å². The van der Waals surface area contributed by atoms with Crippen LogP contribution in [0.4, 0.5) is 0 Å². The number of hydrogen-bond donors (Lipinski definition) is 1. The summed E-state index contributed by atoms with van der Waals surface area (Å²) < 4.78 is 0. The Hall–Kier alpha value is -1.88. The summed E-state index contributed by atoms with van der Waals surface area (Å²) in [5.74, 6) is 1.30. The largest absolute Gasteiger partial charge is 0.348 e. The fourth-order valence-corrected chi connectivity index (χ4v) is 3.70. The molecule has 1 heterocycles. The third kappa shape index (κ3) is 5.80. The SMILES string of the molecule is CC(C)Cc1ccc(C(C)NC(=O)CN2CCN(C(=O)C3CC3)CC2)cc1. The summed E-state index contributed by atoms with van der Waals surface area (Å²) >= 11 is 0. The Morgan fingerprint density at radius 1 is 1.04 bits per heavy atom. The van der Waals surface area contributed by atoms with Crippen molar-refractivity contribution in [3.8, 4) is 0 Å². The van der Waals surface area contributed by atoms with Gasteiger partial charge in [0.2, 0.25) is 11.8 Å². The van der Waals surface area contributed by atoms with Gasteiger partial charge in [0.05, 0.1) is 12.6 Å². The second-order valence-corrected chi connectivity index (χ2v) is 8.50. The van der Waals surface area contributed by atoms with Crippen LogP contribution < -0.4 is 5.32 Å². The van der Waals surface area contributed by atoms with E-state index in [4.69, 9.17) is 0 Å². The molecule has 148 valence electrons. The molecular formula is C22H33N3O2. The molecule has 5 nitrogen and oxygen atoms in total. The average Bonchev–Trinajstić information content (AvgIpc) is 3.47. The van der Waals surface area contributed by atoms with Gasteiger partial charge in [-0.25, -0.2) is 0 Å². The van der Waals surface area contributed by atoms with Crippen molar-refractivity contribution in [2.75, 3.05) is 32.7 Å². The standard InChI is InChI=1S/C22H33N3O2/c1-16(2)14-18-4-6-19(7-5-18)17(3)23-21(26)15-24-10-12-25(13-11-24)22(27)20-8-9-20/h4-7,16-17,20H,8-15H2,1-3H3,(H,23,26). The Kier molecular flexibility index (Phi) is 6.53. The van der Waals surface area contributed by atoms with E-state index in [1.807, 2.05) is 11.8 Å². The van der Waals surface area contributed by atoms with E-state index in [0.717, 1.165) is 51.0 Å². The summed E-state index contributed by atoms with van der Waals surface area (Å²) in [5.41, 5.74) is 2.47. The lowest BCUT2D eigenvalue weighted by molar-refractivity contribution is -0.134. The van der Waals surface area contributed by atoms with Crippen LogP contribution in [0.15, 0.2) is 24.3 Å². The van der Waals surface area contributed by atoms with Crippen LogP contribution in [0.3, 0.4) is 0 Å². The van der Waals surface area contributed by atoms with Gasteiger partial charge in [-0.05, 0) is 43.2 Å². The van der Waals surface area contributed by atoms with E-state index in [2.05, 4.69) is 48.3 Å². The third-order valence-corrected chi connectivity index (χ3v) is 5.48. The fourth-order valence-electron chi connectivity index (χ4n) is 3.70. The molecule has 1 saturated carbocycles. The molecule has 2 aliphatic rings. The molecule has 2 fully saturated rings. The van der Waals surface area contributed by atoms with Crippen LogP contribution in [0.2, 0.25) is 0 Å². The molecule has 2 amide bonds. The van der Waals surface area contributed by atoms with Crippen LogP contribution in [0, 0.1) is 11.8 Å². The maximum atomic E-state index is 12.4. The van der Waals surface area contributed by atoms with Gasteiger partial charge in [-0.1, -0.05) is 38.1 Å². The minimum Gasteiger partial charge on any atom is -0.348 e. The van der Waals surface area contributed by atoms with Crippen LogP contribution in [0.1, 0.15) is 50.8 Å². The molecule has 3 rings (SSSR count). The van der Waals surface area contributed by atoms with Crippen LogP contribution in [0.25, 0.3) is 0 Å². The lowest BCUT2D eigenvalue weighted by Gasteiger charge is -2.34. The molecule has 1 atom stereocenters. The summed E-state index contributed by atoms with van der Waals surface area (Å²) in [6.45, 7) is 9.93. The Balaban J connectivity index is 1.41. The number of piperazine rings is 1. The number of rotatable bonds is 7. The van der Waals surface area contributed by atoms with E-state index in [-0.39, 0.29) is 17.9 Å². The first-order valence-corrected chi connectivity index (χ1v) is 10.3. The van der Waals surface area contributed by atoms with Gasteiger partial charge < -0.3 is 10.2 Å². The molecule has 0 spiro atoms. The predicted molar refractivity (Wildman–Crippen MR) is 107 cm³/mol. The van der Waals surface area contributed by atoms with E-state index in [1.54, 1.807) is 0 Å². The summed E-state index contributed by atoms with van der Waals surface area (Å²) in [5, 5.41) is 3.10. The number of hydrogen-bond acceptors (Lipinski definition) is 3. The minimum atomic E-state index is 0.00309. The molecule has 0 aromatic heterocycles. The van der Waals surface area contributed by atoms with Crippen LogP contribution in [-0.2, 0) is 16.0 Å². The second kappa shape index (κ2) is 8.87. The van der Waals surface area contributed by atoms with Crippen molar-refractivity contribution in [1.82, 2.24) is 15.1 Å². The predicted octanol–water partition coefficient (Wildman–Crippen LogP) is 2.62. The highest BCUT2D eigenvalue weighted by molar-refractivity contribution is 5.81. The maximum Gasteiger partial charge on any atom is 0.234 e. The summed E-state index contributed by atoms with van der Waals surface area (Å²) in [4.78, 5) is 28.6. The van der Waals surface area contributed by atoms with Gasteiger partial charge in [-0.15, -0.1) is 0 Å². The van der Waals surface area contributed by atoms with Crippen molar-refractivity contribution < 1.29 is 9.59 Å². The van der Waals surface area contributed by atoms with E-state index >= 15 is 0 Å². The molecule has 0 bridgehead atoms. The van der Waals surface area contributed by atoms with Gasteiger partial charge in [-0.2, -0.15) is 0 Å². The topological polar surface area (TPSA) is 52.7 Å². The van der Waals surface area contributed by atoms with Crippen LogP contribution in [0.5, 0.6) is 0 Å². The molecule has 1 aromatic rings. The molecule has 0 radical (unpaired) electrons. The molecule has 1 aliphatic heterocycles.